The molecule has 140 valence electrons. The van der Waals surface area contributed by atoms with Crippen LogP contribution in [0.15, 0.2) is 60.7 Å². The molecule has 0 aliphatic carbocycles. The summed E-state index contributed by atoms with van der Waals surface area (Å²) in [6.45, 7) is 6.27. The van der Waals surface area contributed by atoms with Crippen LogP contribution in [-0.2, 0) is 4.74 Å². The fourth-order valence-corrected chi connectivity index (χ4v) is 7.83. The largest absolute Gasteiger partial charge is 0.424 e. The highest BCUT2D eigenvalue weighted by molar-refractivity contribution is 6.98. The summed E-state index contributed by atoms with van der Waals surface area (Å²) in [4.78, 5) is 12.1. The minimum absolute atomic E-state index is 0.153. The topological polar surface area (TPSA) is 41.5 Å². The van der Waals surface area contributed by atoms with Gasteiger partial charge in [-0.2, -0.15) is 0 Å². The molecule has 0 bridgehead atoms. The van der Waals surface area contributed by atoms with Gasteiger partial charge in [0.05, 0.1) is 6.61 Å². The molecule has 3 rings (SSSR count). The highest BCUT2D eigenvalue weighted by Crippen LogP contribution is 2.40. The minimum Gasteiger partial charge on any atom is -0.424 e. The first kappa shape index (κ1) is 19.3. The van der Waals surface area contributed by atoms with E-state index in [2.05, 4.69) is 43.4 Å². The standard InChI is InChI=1S/C22H31NO2Si/c1-22(2,16-10-9-15-21-23-17-18-25-21)26(24,19-11-5-3-6-12-19)20-13-7-4-8-14-20/h3-8,11-14,21,23-24H,9-10,15-18H2,1-2H3. The molecule has 0 saturated carbocycles. The van der Waals surface area contributed by atoms with Gasteiger partial charge >= 0.3 is 0 Å². The molecule has 1 heterocycles. The minimum atomic E-state index is -2.86. The van der Waals surface area contributed by atoms with Crippen LogP contribution in [0.1, 0.15) is 39.5 Å². The molecule has 1 unspecified atom stereocenters. The third kappa shape index (κ3) is 4.09. The van der Waals surface area contributed by atoms with Crippen molar-refractivity contribution in [3.05, 3.63) is 60.7 Å². The average molecular weight is 370 g/mol. The Hall–Kier alpha value is -1.46. The summed E-state index contributed by atoms with van der Waals surface area (Å²) in [5, 5.41) is 5.41. The molecule has 2 aromatic rings. The number of ether oxygens (including phenoxy) is 1. The normalized spacial score (nSPS) is 18.2. The van der Waals surface area contributed by atoms with Crippen molar-refractivity contribution in [3.8, 4) is 0 Å². The van der Waals surface area contributed by atoms with E-state index in [0.717, 1.165) is 49.2 Å². The van der Waals surface area contributed by atoms with Crippen LogP contribution in [0.3, 0.4) is 0 Å². The van der Waals surface area contributed by atoms with Crippen molar-refractivity contribution in [1.82, 2.24) is 5.32 Å². The van der Waals surface area contributed by atoms with Crippen LogP contribution in [0.5, 0.6) is 0 Å². The van der Waals surface area contributed by atoms with Gasteiger partial charge in [0.25, 0.3) is 8.32 Å². The lowest BCUT2D eigenvalue weighted by Crippen LogP contribution is -2.65. The van der Waals surface area contributed by atoms with Gasteiger partial charge in [0, 0.05) is 6.54 Å². The van der Waals surface area contributed by atoms with Crippen molar-refractivity contribution in [3.63, 3.8) is 0 Å². The van der Waals surface area contributed by atoms with E-state index < -0.39 is 8.32 Å². The monoisotopic (exact) mass is 369 g/mol. The summed E-state index contributed by atoms with van der Waals surface area (Å²) in [5.74, 6) is 0. The molecule has 0 amide bonds. The molecule has 3 nitrogen and oxygen atoms in total. The van der Waals surface area contributed by atoms with Gasteiger partial charge in [-0.3, -0.25) is 5.32 Å². The molecule has 4 heteroatoms. The summed E-state index contributed by atoms with van der Waals surface area (Å²) in [7, 11) is -2.86. The van der Waals surface area contributed by atoms with E-state index in [4.69, 9.17) is 4.74 Å². The second-order valence-corrected chi connectivity index (χ2v) is 11.8. The van der Waals surface area contributed by atoms with E-state index in [0.29, 0.717) is 0 Å². The zero-order valence-electron chi connectivity index (χ0n) is 15.9. The van der Waals surface area contributed by atoms with Crippen LogP contribution in [0.2, 0.25) is 5.04 Å². The van der Waals surface area contributed by atoms with Crippen LogP contribution >= 0.6 is 0 Å². The Labute approximate surface area is 158 Å². The predicted octanol–water partition coefficient (Wildman–Crippen LogP) is 3.03. The number of hydrogen-bond acceptors (Lipinski definition) is 3. The quantitative estimate of drug-likeness (QED) is 0.555. The Morgan fingerprint density at radius 3 is 2.08 bits per heavy atom. The van der Waals surface area contributed by atoms with E-state index >= 15 is 0 Å². The summed E-state index contributed by atoms with van der Waals surface area (Å²) in [6.07, 6.45) is 4.50. The Kier molecular flexibility index (Phi) is 6.30. The van der Waals surface area contributed by atoms with Crippen molar-refractivity contribution in [2.45, 2.75) is 50.8 Å². The predicted molar refractivity (Wildman–Crippen MR) is 110 cm³/mol. The van der Waals surface area contributed by atoms with E-state index in [-0.39, 0.29) is 11.3 Å². The van der Waals surface area contributed by atoms with Crippen LogP contribution in [0.25, 0.3) is 0 Å². The highest BCUT2D eigenvalue weighted by atomic mass is 28.4. The molecule has 1 aliphatic heterocycles. The van der Waals surface area contributed by atoms with Gasteiger partial charge in [-0.1, -0.05) is 80.9 Å². The number of unbranched alkanes of at least 4 members (excludes halogenated alkanes) is 1. The molecule has 26 heavy (non-hydrogen) atoms. The third-order valence-electron chi connectivity index (χ3n) is 5.67. The maximum absolute atomic E-state index is 12.1. The van der Waals surface area contributed by atoms with Gasteiger partial charge in [0.2, 0.25) is 0 Å². The maximum atomic E-state index is 12.1. The molecular formula is C22H31NO2Si. The second kappa shape index (κ2) is 8.48. The highest BCUT2D eigenvalue weighted by Gasteiger charge is 2.49. The summed E-state index contributed by atoms with van der Waals surface area (Å²) in [6, 6.07) is 20.6. The maximum Gasteiger partial charge on any atom is 0.258 e. The summed E-state index contributed by atoms with van der Waals surface area (Å²) >= 11 is 0. The molecular weight excluding hydrogens is 338 g/mol. The Bertz CT molecular complexity index is 630. The number of benzene rings is 2. The third-order valence-corrected chi connectivity index (χ3v) is 10.2. The average Bonchev–Trinajstić information content (AvgIpc) is 3.19. The van der Waals surface area contributed by atoms with Crippen molar-refractivity contribution < 1.29 is 9.53 Å². The Morgan fingerprint density at radius 1 is 1.00 bits per heavy atom. The first-order valence-electron chi connectivity index (χ1n) is 9.72. The number of rotatable bonds is 8. The fourth-order valence-electron chi connectivity index (χ4n) is 4.05. The van der Waals surface area contributed by atoms with Crippen LogP contribution in [0, 0.1) is 0 Å². The SMILES string of the molecule is CC(C)(CCCCC1NCCO1)[Si](O)(c1ccccc1)c1ccccc1. The molecule has 0 aromatic heterocycles. The van der Waals surface area contributed by atoms with Gasteiger partial charge in [0.1, 0.15) is 6.23 Å². The number of hydrogen-bond donors (Lipinski definition) is 2. The van der Waals surface area contributed by atoms with Crippen LogP contribution in [-0.4, -0.2) is 32.5 Å². The molecule has 1 saturated heterocycles. The fraction of sp³-hybridized carbons (Fsp3) is 0.455. The lowest BCUT2D eigenvalue weighted by atomic mass is 10.0. The van der Waals surface area contributed by atoms with Gasteiger partial charge < -0.3 is 9.53 Å². The van der Waals surface area contributed by atoms with Crippen molar-refractivity contribution in [1.29, 1.82) is 0 Å². The zero-order valence-corrected chi connectivity index (χ0v) is 16.9. The first-order chi connectivity index (χ1) is 12.5. The van der Waals surface area contributed by atoms with Crippen molar-refractivity contribution in [2.75, 3.05) is 13.2 Å². The van der Waals surface area contributed by atoms with Gasteiger partial charge in [0.15, 0.2) is 0 Å². The van der Waals surface area contributed by atoms with Crippen LogP contribution in [0.4, 0.5) is 0 Å². The zero-order chi connectivity index (χ0) is 18.5. The lowest BCUT2D eigenvalue weighted by molar-refractivity contribution is 0.0917. The molecule has 2 N–H and O–H groups in total. The van der Waals surface area contributed by atoms with E-state index in [9.17, 15) is 4.80 Å². The molecule has 1 aliphatic rings. The molecule has 0 radical (unpaired) electrons. The van der Waals surface area contributed by atoms with Crippen LogP contribution < -0.4 is 15.7 Å². The van der Waals surface area contributed by atoms with Gasteiger partial charge in [-0.05, 0) is 34.7 Å². The molecule has 1 fully saturated rings. The summed E-state index contributed by atoms with van der Waals surface area (Å²) in [5.41, 5.74) is 0. The molecule has 1 atom stereocenters. The Balaban J connectivity index is 1.76. The van der Waals surface area contributed by atoms with E-state index in [1.165, 1.54) is 0 Å². The van der Waals surface area contributed by atoms with Gasteiger partial charge in [-0.15, -0.1) is 0 Å². The Morgan fingerprint density at radius 2 is 1.58 bits per heavy atom. The van der Waals surface area contributed by atoms with Crippen molar-refractivity contribution >= 4 is 18.7 Å². The molecule has 0 spiro atoms. The summed E-state index contributed by atoms with van der Waals surface area (Å²) < 4.78 is 5.64. The van der Waals surface area contributed by atoms with Gasteiger partial charge in [-0.25, -0.2) is 0 Å². The van der Waals surface area contributed by atoms with Crippen molar-refractivity contribution in [2.24, 2.45) is 0 Å². The number of nitrogens with one attached hydrogen (secondary N) is 1. The first-order valence-corrected chi connectivity index (χ1v) is 11.7. The second-order valence-electron chi connectivity index (χ2n) is 7.89. The van der Waals surface area contributed by atoms with E-state index in [1.807, 2.05) is 36.4 Å². The molecule has 2 aromatic carbocycles. The van der Waals surface area contributed by atoms with E-state index in [1.54, 1.807) is 0 Å². The lowest BCUT2D eigenvalue weighted by Gasteiger charge is -2.41. The smallest absolute Gasteiger partial charge is 0.258 e.